The van der Waals surface area contributed by atoms with Gasteiger partial charge < -0.3 is 5.11 Å². The number of rotatable bonds is 1. The lowest BCUT2D eigenvalue weighted by Crippen LogP contribution is -2.00. The van der Waals surface area contributed by atoms with Gasteiger partial charge in [-0.2, -0.15) is 0 Å². The summed E-state index contributed by atoms with van der Waals surface area (Å²) in [7, 11) is 0. The van der Waals surface area contributed by atoms with Crippen LogP contribution in [0.25, 0.3) is 10.8 Å². The Bertz CT molecular complexity index is 552. The number of benzene rings is 1. The number of hydrogen-bond donors (Lipinski definition) is 1. The van der Waals surface area contributed by atoms with E-state index in [1.54, 1.807) is 19.2 Å². The van der Waals surface area contributed by atoms with E-state index < -0.39 is 11.8 Å². The summed E-state index contributed by atoms with van der Waals surface area (Å²) in [4.78, 5) is 14.7. The van der Waals surface area contributed by atoms with Gasteiger partial charge in [0.2, 0.25) is 0 Å². The van der Waals surface area contributed by atoms with E-state index in [9.17, 15) is 9.18 Å². The van der Waals surface area contributed by atoms with Crippen LogP contribution in [0.1, 0.15) is 16.1 Å². The molecule has 1 heterocycles. The summed E-state index contributed by atoms with van der Waals surface area (Å²) in [6.07, 6.45) is 1.57. The molecule has 15 heavy (non-hydrogen) atoms. The first-order valence-electron chi connectivity index (χ1n) is 4.38. The van der Waals surface area contributed by atoms with Crippen LogP contribution in [0.4, 0.5) is 4.39 Å². The van der Waals surface area contributed by atoms with E-state index in [1.165, 1.54) is 12.1 Å². The number of aromatic nitrogens is 1. The third kappa shape index (κ3) is 1.54. The summed E-state index contributed by atoms with van der Waals surface area (Å²) < 4.78 is 13.3. The van der Waals surface area contributed by atoms with E-state index in [4.69, 9.17) is 5.11 Å². The number of fused-ring (bicyclic) bond motifs is 1. The second-order valence-corrected chi connectivity index (χ2v) is 3.25. The highest BCUT2D eigenvalue weighted by Crippen LogP contribution is 2.20. The van der Waals surface area contributed by atoms with Crippen LogP contribution >= 0.6 is 0 Å². The molecule has 2 aromatic rings. The smallest absolute Gasteiger partial charge is 0.338 e. The van der Waals surface area contributed by atoms with Gasteiger partial charge >= 0.3 is 5.97 Å². The minimum absolute atomic E-state index is 0.312. The van der Waals surface area contributed by atoms with Crippen LogP contribution in [-0.2, 0) is 0 Å². The van der Waals surface area contributed by atoms with Crippen molar-refractivity contribution in [1.82, 2.24) is 4.98 Å². The molecule has 0 spiro atoms. The maximum absolute atomic E-state index is 13.3. The van der Waals surface area contributed by atoms with Gasteiger partial charge in [0, 0.05) is 17.3 Å². The average molecular weight is 205 g/mol. The number of hydrogen-bond acceptors (Lipinski definition) is 2. The molecule has 0 radical (unpaired) electrons. The fraction of sp³-hybridized carbons (Fsp3) is 0.0909. The van der Waals surface area contributed by atoms with Gasteiger partial charge in [-0.05, 0) is 30.5 Å². The molecule has 4 heteroatoms. The molecule has 0 aliphatic carbocycles. The topological polar surface area (TPSA) is 50.2 Å². The molecule has 76 valence electrons. The second kappa shape index (κ2) is 3.31. The van der Waals surface area contributed by atoms with E-state index in [0.29, 0.717) is 16.5 Å². The molecular formula is C11H8FNO2. The first-order chi connectivity index (χ1) is 7.09. The van der Waals surface area contributed by atoms with Gasteiger partial charge in [-0.25, -0.2) is 9.18 Å². The molecule has 1 aromatic carbocycles. The molecule has 0 saturated heterocycles. The normalized spacial score (nSPS) is 10.5. The first-order valence-corrected chi connectivity index (χ1v) is 4.38. The van der Waals surface area contributed by atoms with Crippen molar-refractivity contribution in [2.24, 2.45) is 0 Å². The number of aromatic carboxylic acids is 1. The van der Waals surface area contributed by atoms with Gasteiger partial charge in [0.1, 0.15) is 5.82 Å². The van der Waals surface area contributed by atoms with Crippen molar-refractivity contribution in [3.63, 3.8) is 0 Å². The zero-order valence-electron chi connectivity index (χ0n) is 7.99. The summed E-state index contributed by atoms with van der Waals surface area (Å²) in [5.41, 5.74) is 0.372. The SMILES string of the molecule is Cc1nccc2cc(C(=O)O)c(F)cc12. The maximum Gasteiger partial charge on any atom is 0.338 e. The highest BCUT2D eigenvalue weighted by atomic mass is 19.1. The molecular weight excluding hydrogens is 197 g/mol. The van der Waals surface area contributed by atoms with Crippen molar-refractivity contribution in [1.29, 1.82) is 0 Å². The Balaban J connectivity index is 2.82. The summed E-state index contributed by atoms with van der Waals surface area (Å²) in [5, 5.41) is 10.1. The Morgan fingerprint density at radius 2 is 2.20 bits per heavy atom. The highest BCUT2D eigenvalue weighted by Gasteiger charge is 2.12. The van der Waals surface area contributed by atoms with Gasteiger partial charge in [-0.15, -0.1) is 0 Å². The van der Waals surface area contributed by atoms with Crippen LogP contribution in [0.3, 0.4) is 0 Å². The number of pyridine rings is 1. The third-order valence-corrected chi connectivity index (χ3v) is 2.28. The van der Waals surface area contributed by atoms with E-state index >= 15 is 0 Å². The Kier molecular flexibility index (Phi) is 2.11. The van der Waals surface area contributed by atoms with Crippen LogP contribution in [0, 0.1) is 12.7 Å². The molecule has 2 rings (SSSR count). The minimum Gasteiger partial charge on any atom is -0.478 e. The van der Waals surface area contributed by atoms with Crippen LogP contribution in [0.2, 0.25) is 0 Å². The lowest BCUT2D eigenvalue weighted by Gasteiger charge is -2.03. The molecule has 0 atom stereocenters. The number of carbonyl (C=O) groups is 1. The molecule has 0 aliphatic heterocycles. The summed E-state index contributed by atoms with van der Waals surface area (Å²) in [5.74, 6) is -1.99. The average Bonchev–Trinajstić information content (AvgIpc) is 2.18. The molecule has 0 fully saturated rings. The van der Waals surface area contributed by atoms with E-state index in [2.05, 4.69) is 4.98 Å². The number of carboxylic acid groups (broad SMARTS) is 1. The van der Waals surface area contributed by atoms with Gasteiger partial charge in [0.05, 0.1) is 5.56 Å². The minimum atomic E-state index is -1.26. The van der Waals surface area contributed by atoms with Crippen LogP contribution in [-0.4, -0.2) is 16.1 Å². The Morgan fingerprint density at radius 3 is 2.87 bits per heavy atom. The van der Waals surface area contributed by atoms with Crippen molar-refractivity contribution < 1.29 is 14.3 Å². The lowest BCUT2D eigenvalue weighted by atomic mass is 10.1. The highest BCUT2D eigenvalue weighted by molar-refractivity contribution is 5.95. The fourth-order valence-electron chi connectivity index (χ4n) is 1.50. The van der Waals surface area contributed by atoms with E-state index in [-0.39, 0.29) is 5.56 Å². The second-order valence-electron chi connectivity index (χ2n) is 3.25. The molecule has 0 bridgehead atoms. The van der Waals surface area contributed by atoms with Gasteiger partial charge in [-0.1, -0.05) is 0 Å². The zero-order chi connectivity index (χ0) is 11.0. The molecule has 0 amide bonds. The predicted octanol–water partition coefficient (Wildman–Crippen LogP) is 2.38. The molecule has 1 aromatic heterocycles. The van der Waals surface area contributed by atoms with Crippen molar-refractivity contribution in [2.75, 3.05) is 0 Å². The van der Waals surface area contributed by atoms with Crippen molar-refractivity contribution >= 4 is 16.7 Å². The summed E-state index contributed by atoms with van der Waals surface area (Å²) in [6.45, 7) is 1.75. The lowest BCUT2D eigenvalue weighted by molar-refractivity contribution is 0.0692. The zero-order valence-corrected chi connectivity index (χ0v) is 7.99. The van der Waals surface area contributed by atoms with Crippen LogP contribution in [0.15, 0.2) is 24.4 Å². The van der Waals surface area contributed by atoms with Crippen molar-refractivity contribution in [3.8, 4) is 0 Å². The Morgan fingerprint density at radius 1 is 1.47 bits per heavy atom. The Labute approximate surface area is 85.2 Å². The molecule has 0 unspecified atom stereocenters. The van der Waals surface area contributed by atoms with Gasteiger partial charge in [0.15, 0.2) is 0 Å². The van der Waals surface area contributed by atoms with Crippen molar-refractivity contribution in [2.45, 2.75) is 6.92 Å². The van der Waals surface area contributed by atoms with E-state index in [1.807, 2.05) is 0 Å². The molecule has 0 saturated carbocycles. The molecule has 3 nitrogen and oxygen atoms in total. The number of halogens is 1. The third-order valence-electron chi connectivity index (χ3n) is 2.28. The number of nitrogens with zero attached hydrogens (tertiary/aromatic N) is 1. The quantitative estimate of drug-likeness (QED) is 0.777. The maximum atomic E-state index is 13.3. The Hall–Kier alpha value is -1.97. The first kappa shape index (κ1) is 9.58. The van der Waals surface area contributed by atoms with Crippen LogP contribution in [0.5, 0.6) is 0 Å². The van der Waals surface area contributed by atoms with E-state index in [0.717, 1.165) is 0 Å². The molecule has 1 N–H and O–H groups in total. The number of carboxylic acids is 1. The monoisotopic (exact) mass is 205 g/mol. The largest absolute Gasteiger partial charge is 0.478 e. The van der Waals surface area contributed by atoms with Crippen molar-refractivity contribution in [3.05, 3.63) is 41.5 Å². The van der Waals surface area contributed by atoms with Crippen LogP contribution < -0.4 is 0 Å². The predicted molar refractivity (Wildman–Crippen MR) is 53.4 cm³/mol. The summed E-state index contributed by atoms with van der Waals surface area (Å²) >= 11 is 0. The van der Waals surface area contributed by atoms with Gasteiger partial charge in [-0.3, -0.25) is 4.98 Å². The number of aryl methyl sites for hydroxylation is 1. The fourth-order valence-corrected chi connectivity index (χ4v) is 1.50. The molecule has 0 aliphatic rings. The standard InChI is InChI=1S/C11H8FNO2/c1-6-8-5-10(12)9(11(14)15)4-7(8)2-3-13-6/h2-5H,1H3,(H,14,15). The summed E-state index contributed by atoms with van der Waals surface area (Å²) in [6, 6.07) is 4.19. The van der Waals surface area contributed by atoms with Gasteiger partial charge in [0.25, 0.3) is 0 Å².